The van der Waals surface area contributed by atoms with E-state index in [4.69, 9.17) is 5.73 Å². The Bertz CT molecular complexity index is 559. The van der Waals surface area contributed by atoms with E-state index in [1.54, 1.807) is 12.1 Å². The van der Waals surface area contributed by atoms with Crippen LogP contribution in [0.4, 0.5) is 0 Å². The quantitative estimate of drug-likeness (QED) is 0.907. The number of rotatable bonds is 2. The molecule has 22 heavy (non-hydrogen) atoms. The average Bonchev–Trinajstić information content (AvgIpc) is 2.91. The molecule has 1 saturated heterocycles. The van der Waals surface area contributed by atoms with Crippen LogP contribution in [0.15, 0.2) is 12.1 Å². The van der Waals surface area contributed by atoms with Crippen molar-refractivity contribution >= 4 is 23.2 Å². The van der Waals surface area contributed by atoms with Crippen LogP contribution in [0, 0.1) is 5.41 Å². The highest BCUT2D eigenvalue weighted by Gasteiger charge is 2.37. The third-order valence-corrected chi connectivity index (χ3v) is 6.26. The molecule has 1 spiro atoms. The first-order chi connectivity index (χ1) is 10.6. The number of nitrogens with zero attached hydrogens (tertiary/aromatic N) is 1. The van der Waals surface area contributed by atoms with E-state index in [-0.39, 0.29) is 5.91 Å². The van der Waals surface area contributed by atoms with Crippen molar-refractivity contribution in [2.45, 2.75) is 51.4 Å². The minimum Gasteiger partial charge on any atom is -0.365 e. The summed E-state index contributed by atoms with van der Waals surface area (Å²) in [6.07, 6.45) is 10.1. The van der Waals surface area contributed by atoms with Crippen LogP contribution in [0.1, 0.15) is 70.7 Å². The lowest BCUT2D eigenvalue weighted by Gasteiger charge is -2.42. The van der Waals surface area contributed by atoms with Gasteiger partial charge in [0.15, 0.2) is 0 Å². The second-order valence-corrected chi connectivity index (χ2v) is 7.86. The van der Waals surface area contributed by atoms with Gasteiger partial charge < -0.3 is 10.6 Å². The molecule has 0 bridgehead atoms. The lowest BCUT2D eigenvalue weighted by Crippen LogP contribution is -2.45. The Hall–Kier alpha value is -1.36. The number of nitrogens with two attached hydrogens (primary N) is 1. The summed E-state index contributed by atoms with van der Waals surface area (Å²) in [4.78, 5) is 27.0. The Morgan fingerprint density at radius 2 is 1.64 bits per heavy atom. The molecule has 3 rings (SSSR count). The summed E-state index contributed by atoms with van der Waals surface area (Å²) in [5, 5.41) is 0. The molecule has 120 valence electrons. The van der Waals surface area contributed by atoms with E-state index < -0.39 is 5.91 Å². The highest BCUT2D eigenvalue weighted by molar-refractivity contribution is 7.15. The maximum absolute atomic E-state index is 12.7. The van der Waals surface area contributed by atoms with Crippen molar-refractivity contribution in [2.75, 3.05) is 13.1 Å². The van der Waals surface area contributed by atoms with Gasteiger partial charge in [-0.3, -0.25) is 9.59 Å². The minimum absolute atomic E-state index is 0.0702. The molecule has 1 aliphatic heterocycles. The number of carbonyl (C=O) groups is 2. The van der Waals surface area contributed by atoms with Crippen LogP contribution >= 0.6 is 11.3 Å². The van der Waals surface area contributed by atoms with Crippen LogP contribution < -0.4 is 5.73 Å². The molecule has 4 nitrogen and oxygen atoms in total. The van der Waals surface area contributed by atoms with Crippen LogP contribution in [-0.2, 0) is 0 Å². The van der Waals surface area contributed by atoms with Gasteiger partial charge in [-0.25, -0.2) is 0 Å². The third kappa shape index (κ3) is 3.19. The van der Waals surface area contributed by atoms with E-state index in [9.17, 15) is 9.59 Å². The highest BCUT2D eigenvalue weighted by atomic mass is 32.1. The van der Waals surface area contributed by atoms with Crippen molar-refractivity contribution in [1.82, 2.24) is 4.90 Å². The second kappa shape index (κ2) is 6.41. The van der Waals surface area contributed by atoms with Crippen LogP contribution in [0.5, 0.6) is 0 Å². The Labute approximate surface area is 135 Å². The minimum atomic E-state index is -0.456. The molecule has 1 aliphatic carbocycles. The number of amides is 2. The van der Waals surface area contributed by atoms with Crippen molar-refractivity contribution in [3.63, 3.8) is 0 Å². The number of likely N-dealkylation sites (tertiary alicyclic amines) is 1. The van der Waals surface area contributed by atoms with Gasteiger partial charge in [-0.15, -0.1) is 11.3 Å². The first-order valence-corrected chi connectivity index (χ1v) is 9.10. The topological polar surface area (TPSA) is 63.4 Å². The molecule has 0 aromatic carbocycles. The summed E-state index contributed by atoms with van der Waals surface area (Å²) in [6.45, 7) is 1.72. The predicted octanol–water partition coefficient (Wildman–Crippen LogP) is 3.42. The van der Waals surface area contributed by atoms with E-state index in [2.05, 4.69) is 0 Å². The summed E-state index contributed by atoms with van der Waals surface area (Å²) in [5.74, 6) is -0.385. The van der Waals surface area contributed by atoms with Gasteiger partial charge in [0.05, 0.1) is 9.75 Å². The molecule has 2 aliphatic rings. The first kappa shape index (κ1) is 15.5. The molecule has 1 saturated carbocycles. The smallest absolute Gasteiger partial charge is 0.263 e. The molecule has 5 heteroatoms. The van der Waals surface area contributed by atoms with Gasteiger partial charge in [-0.2, -0.15) is 0 Å². The fourth-order valence-corrected chi connectivity index (χ4v) is 4.84. The summed E-state index contributed by atoms with van der Waals surface area (Å²) >= 11 is 1.22. The van der Waals surface area contributed by atoms with E-state index >= 15 is 0 Å². The van der Waals surface area contributed by atoms with Crippen molar-refractivity contribution < 1.29 is 9.59 Å². The molecular formula is C17H24N2O2S. The van der Waals surface area contributed by atoms with Gasteiger partial charge in [0.1, 0.15) is 0 Å². The van der Waals surface area contributed by atoms with Gasteiger partial charge in [0, 0.05) is 13.1 Å². The van der Waals surface area contributed by atoms with Crippen molar-refractivity contribution in [2.24, 2.45) is 11.1 Å². The third-order valence-electron chi connectivity index (χ3n) is 5.17. The molecule has 1 aromatic heterocycles. The molecule has 0 radical (unpaired) electrons. The molecule has 2 fully saturated rings. The first-order valence-electron chi connectivity index (χ1n) is 8.29. The Kier molecular flexibility index (Phi) is 4.52. The van der Waals surface area contributed by atoms with Gasteiger partial charge in [0.25, 0.3) is 11.8 Å². The van der Waals surface area contributed by atoms with Gasteiger partial charge in [-0.05, 0) is 43.2 Å². The monoisotopic (exact) mass is 320 g/mol. The van der Waals surface area contributed by atoms with Crippen LogP contribution in [0.3, 0.4) is 0 Å². The average molecular weight is 320 g/mol. The molecule has 0 atom stereocenters. The Morgan fingerprint density at radius 1 is 1.00 bits per heavy atom. The van der Waals surface area contributed by atoms with E-state index in [0.717, 1.165) is 19.5 Å². The Morgan fingerprint density at radius 3 is 2.27 bits per heavy atom. The molecule has 0 unspecified atom stereocenters. The summed E-state index contributed by atoms with van der Waals surface area (Å²) in [6, 6.07) is 3.40. The number of thiophene rings is 1. The maximum Gasteiger partial charge on any atom is 0.263 e. The second-order valence-electron chi connectivity index (χ2n) is 6.77. The van der Waals surface area contributed by atoms with E-state index in [0.29, 0.717) is 15.2 Å². The standard InChI is InChI=1S/C17H24N2O2S/c18-15(20)13-6-7-14(22-13)16(21)19-11-5-10-17(12-19)8-3-1-2-4-9-17/h6-7H,1-5,8-12H2,(H2,18,20). The zero-order valence-electron chi connectivity index (χ0n) is 13.0. The van der Waals surface area contributed by atoms with Crippen LogP contribution in [-0.4, -0.2) is 29.8 Å². The van der Waals surface area contributed by atoms with Crippen molar-refractivity contribution in [3.05, 3.63) is 21.9 Å². The zero-order chi connectivity index (χ0) is 15.6. The summed E-state index contributed by atoms with van der Waals surface area (Å²) in [7, 11) is 0. The number of piperidine rings is 1. The van der Waals surface area contributed by atoms with Crippen LogP contribution in [0.25, 0.3) is 0 Å². The molecule has 1 aromatic rings. The van der Waals surface area contributed by atoms with Crippen molar-refractivity contribution in [1.29, 1.82) is 0 Å². The van der Waals surface area contributed by atoms with Gasteiger partial charge >= 0.3 is 0 Å². The number of primary amides is 1. The number of carbonyl (C=O) groups excluding carboxylic acids is 2. The van der Waals surface area contributed by atoms with Crippen molar-refractivity contribution in [3.8, 4) is 0 Å². The SMILES string of the molecule is NC(=O)c1ccc(C(=O)N2CCCC3(CCCCCC3)C2)s1. The number of hydrogen-bond acceptors (Lipinski definition) is 3. The van der Waals surface area contributed by atoms with Gasteiger partial charge in [-0.1, -0.05) is 25.7 Å². The number of hydrogen-bond donors (Lipinski definition) is 1. The lowest BCUT2D eigenvalue weighted by molar-refractivity contribution is 0.0469. The lowest BCUT2D eigenvalue weighted by atomic mass is 9.74. The fourth-order valence-electron chi connectivity index (χ4n) is 4.01. The van der Waals surface area contributed by atoms with E-state index in [1.807, 2.05) is 4.90 Å². The molecular weight excluding hydrogens is 296 g/mol. The highest BCUT2D eigenvalue weighted by Crippen LogP contribution is 2.42. The summed E-state index contributed by atoms with van der Waals surface area (Å²) < 4.78 is 0. The maximum atomic E-state index is 12.7. The Balaban J connectivity index is 1.73. The fraction of sp³-hybridized carbons (Fsp3) is 0.647. The largest absolute Gasteiger partial charge is 0.365 e. The molecule has 2 heterocycles. The normalized spacial score (nSPS) is 21.5. The predicted molar refractivity (Wildman–Crippen MR) is 88.1 cm³/mol. The summed E-state index contributed by atoms with van der Waals surface area (Å²) in [5.41, 5.74) is 5.62. The molecule has 2 amide bonds. The van der Waals surface area contributed by atoms with E-state index in [1.165, 1.54) is 56.3 Å². The zero-order valence-corrected chi connectivity index (χ0v) is 13.8. The molecule has 2 N–H and O–H groups in total. The van der Waals surface area contributed by atoms with Crippen LogP contribution in [0.2, 0.25) is 0 Å². The van der Waals surface area contributed by atoms with Gasteiger partial charge in [0.2, 0.25) is 0 Å².